The topological polar surface area (TPSA) is 85.5 Å². The van der Waals surface area contributed by atoms with Crippen molar-refractivity contribution in [3.05, 3.63) is 76.6 Å². The number of anilines is 1. The lowest BCUT2D eigenvalue weighted by molar-refractivity contribution is 0.245. The molecule has 1 aliphatic heterocycles. The largest absolute Gasteiger partial charge is 0.332 e. The van der Waals surface area contributed by atoms with E-state index in [0.29, 0.717) is 6.54 Å². The Morgan fingerprint density at radius 3 is 2.48 bits per heavy atom. The van der Waals surface area contributed by atoms with Gasteiger partial charge in [0.2, 0.25) is 0 Å². The van der Waals surface area contributed by atoms with Gasteiger partial charge in [0.05, 0.1) is 24.3 Å². The second-order valence-electron chi connectivity index (χ2n) is 6.76. The number of nitrogens with two attached hydrogens (primary N) is 1. The number of allylic oxidation sites excluding steroid dienone is 1. The Kier molecular flexibility index (Phi) is 5.28. The smallest absolute Gasteiger partial charge is 0.326 e. The number of hydrogen-bond acceptors (Lipinski definition) is 3. The molecule has 27 heavy (non-hydrogen) atoms. The number of hydrogen-bond donors (Lipinski definition) is 3. The Morgan fingerprint density at radius 1 is 1.15 bits per heavy atom. The van der Waals surface area contributed by atoms with Crippen LogP contribution in [0.25, 0.3) is 0 Å². The third-order valence-corrected chi connectivity index (χ3v) is 4.79. The van der Waals surface area contributed by atoms with Crippen LogP contribution in [0.3, 0.4) is 0 Å². The third kappa shape index (κ3) is 3.71. The Balaban J connectivity index is 2.00. The van der Waals surface area contributed by atoms with E-state index in [2.05, 4.69) is 5.32 Å². The highest BCUT2D eigenvalue weighted by atomic mass is 16.2. The van der Waals surface area contributed by atoms with Gasteiger partial charge in [0.15, 0.2) is 0 Å². The molecule has 2 aromatic carbocycles. The highest BCUT2D eigenvalue weighted by molar-refractivity contribution is 5.96. The van der Waals surface area contributed by atoms with Crippen molar-refractivity contribution in [1.29, 1.82) is 5.41 Å². The molecular weight excluding hydrogens is 338 g/mol. The Bertz CT molecular complexity index is 888. The van der Waals surface area contributed by atoms with E-state index >= 15 is 0 Å². The first-order valence-electron chi connectivity index (χ1n) is 8.88. The first-order chi connectivity index (χ1) is 12.9. The van der Waals surface area contributed by atoms with Crippen molar-refractivity contribution < 1.29 is 4.79 Å². The number of urea groups is 1. The Morgan fingerprint density at radius 2 is 1.85 bits per heavy atom. The molecule has 3 rings (SSSR count). The molecular formula is C21H25N5O. The Labute approximate surface area is 159 Å². The number of aryl methyl sites for hydroxylation is 2. The molecule has 0 saturated carbocycles. The molecule has 6 heteroatoms. The molecule has 6 nitrogen and oxygen atoms in total. The van der Waals surface area contributed by atoms with Crippen LogP contribution in [0.4, 0.5) is 10.5 Å². The molecule has 0 radical (unpaired) electrons. The first-order valence-corrected chi connectivity index (χ1v) is 8.88. The minimum atomic E-state index is -0.512. The number of carbonyl (C=O) groups excluding carboxylic acids is 1. The van der Waals surface area contributed by atoms with E-state index in [1.165, 1.54) is 6.34 Å². The summed E-state index contributed by atoms with van der Waals surface area (Å²) in [5.74, 6) is 0. The van der Waals surface area contributed by atoms with E-state index in [1.54, 1.807) is 9.80 Å². The molecule has 2 aromatic rings. The van der Waals surface area contributed by atoms with E-state index in [1.807, 2.05) is 69.3 Å². The summed E-state index contributed by atoms with van der Waals surface area (Å²) in [6.45, 7) is 6.21. The van der Waals surface area contributed by atoms with Gasteiger partial charge in [-0.1, -0.05) is 42.0 Å². The molecule has 1 atom stereocenters. The lowest BCUT2D eigenvalue weighted by Gasteiger charge is -2.37. The SMILES string of the molecule is CC1=C(N(C=N)C(N)c2ccc(C)cc2)CNC(=O)N1c1cccc(C)c1. The average Bonchev–Trinajstić information content (AvgIpc) is 2.64. The van der Waals surface area contributed by atoms with Gasteiger partial charge in [-0.3, -0.25) is 10.3 Å². The molecule has 1 aliphatic rings. The van der Waals surface area contributed by atoms with E-state index < -0.39 is 6.17 Å². The van der Waals surface area contributed by atoms with Crippen molar-refractivity contribution in [1.82, 2.24) is 10.2 Å². The number of nitrogens with one attached hydrogen (secondary N) is 2. The zero-order valence-corrected chi connectivity index (χ0v) is 15.9. The maximum Gasteiger partial charge on any atom is 0.326 e. The van der Waals surface area contributed by atoms with Gasteiger partial charge in [-0.25, -0.2) is 4.79 Å². The standard InChI is InChI=1S/C21H25N5O/c1-14-7-9-17(10-8-14)20(23)25(13-22)19-12-24-21(27)26(16(19)3)18-6-4-5-15(2)11-18/h4-11,13,20,22H,12,23H2,1-3H3,(H,24,27). The number of nitrogens with zero attached hydrogens (tertiary/aromatic N) is 2. The molecule has 0 bridgehead atoms. The van der Waals surface area contributed by atoms with Gasteiger partial charge in [0.25, 0.3) is 0 Å². The lowest BCUT2D eigenvalue weighted by Crippen LogP contribution is -2.49. The van der Waals surface area contributed by atoms with Crippen LogP contribution >= 0.6 is 0 Å². The molecule has 140 valence electrons. The average molecular weight is 363 g/mol. The van der Waals surface area contributed by atoms with Crippen LogP contribution in [0.15, 0.2) is 59.9 Å². The third-order valence-electron chi connectivity index (χ3n) is 4.79. The number of rotatable bonds is 5. The van der Waals surface area contributed by atoms with Crippen LogP contribution in [0, 0.1) is 19.3 Å². The molecule has 0 aromatic heterocycles. The molecule has 4 N–H and O–H groups in total. The van der Waals surface area contributed by atoms with Crippen LogP contribution in [-0.4, -0.2) is 23.8 Å². The maximum absolute atomic E-state index is 12.5. The quantitative estimate of drug-likeness (QED) is 0.431. The fraction of sp³-hybridized carbons (Fsp3) is 0.238. The monoisotopic (exact) mass is 363 g/mol. The minimum Gasteiger partial charge on any atom is -0.332 e. The normalized spacial score (nSPS) is 15.4. The summed E-state index contributed by atoms with van der Waals surface area (Å²) in [4.78, 5) is 15.8. The fourth-order valence-corrected chi connectivity index (χ4v) is 3.25. The summed E-state index contributed by atoms with van der Waals surface area (Å²) in [7, 11) is 0. The summed E-state index contributed by atoms with van der Waals surface area (Å²) in [5, 5.41) is 10.8. The van der Waals surface area contributed by atoms with Gasteiger partial charge >= 0.3 is 6.03 Å². The molecule has 1 unspecified atom stereocenters. The van der Waals surface area contributed by atoms with Crippen molar-refractivity contribution in [2.75, 3.05) is 11.4 Å². The molecule has 0 aliphatic carbocycles. The highest BCUT2D eigenvalue weighted by Gasteiger charge is 2.29. The summed E-state index contributed by atoms with van der Waals surface area (Å²) < 4.78 is 0. The molecule has 2 amide bonds. The van der Waals surface area contributed by atoms with E-state index in [9.17, 15) is 4.79 Å². The molecule has 1 heterocycles. The number of benzene rings is 2. The number of carbonyl (C=O) groups is 1. The minimum absolute atomic E-state index is 0.185. The van der Waals surface area contributed by atoms with E-state index in [0.717, 1.165) is 33.8 Å². The van der Waals surface area contributed by atoms with Gasteiger partial charge in [0, 0.05) is 5.70 Å². The Hall–Kier alpha value is -3.12. The van der Waals surface area contributed by atoms with Crippen LogP contribution in [0.5, 0.6) is 0 Å². The van der Waals surface area contributed by atoms with Gasteiger partial charge in [-0.15, -0.1) is 0 Å². The van der Waals surface area contributed by atoms with Gasteiger partial charge in [-0.05, 0) is 44.0 Å². The van der Waals surface area contributed by atoms with Gasteiger partial charge < -0.3 is 16.0 Å². The second-order valence-corrected chi connectivity index (χ2v) is 6.76. The van der Waals surface area contributed by atoms with Gasteiger partial charge in [0.1, 0.15) is 6.17 Å². The predicted octanol–water partition coefficient (Wildman–Crippen LogP) is 3.63. The number of amides is 2. The molecule has 0 spiro atoms. The van der Waals surface area contributed by atoms with Crippen LogP contribution in [0.1, 0.15) is 29.8 Å². The molecule has 0 saturated heterocycles. The zero-order chi connectivity index (χ0) is 19.6. The summed E-state index contributed by atoms with van der Waals surface area (Å²) in [5.41, 5.74) is 11.9. The molecule has 0 fully saturated rings. The summed E-state index contributed by atoms with van der Waals surface area (Å²) >= 11 is 0. The second kappa shape index (κ2) is 7.63. The highest BCUT2D eigenvalue weighted by Crippen LogP contribution is 2.28. The van der Waals surface area contributed by atoms with Crippen molar-refractivity contribution in [2.24, 2.45) is 5.73 Å². The first kappa shape index (κ1) is 18.7. The predicted molar refractivity (Wildman–Crippen MR) is 108 cm³/mol. The maximum atomic E-state index is 12.5. The van der Waals surface area contributed by atoms with Crippen molar-refractivity contribution in [3.8, 4) is 0 Å². The van der Waals surface area contributed by atoms with Crippen LogP contribution < -0.4 is 16.0 Å². The zero-order valence-electron chi connectivity index (χ0n) is 15.9. The summed E-state index contributed by atoms with van der Waals surface area (Å²) in [6, 6.07) is 15.5. The van der Waals surface area contributed by atoms with Crippen molar-refractivity contribution >= 4 is 18.1 Å². The lowest BCUT2D eigenvalue weighted by atomic mass is 10.1. The van der Waals surface area contributed by atoms with Crippen molar-refractivity contribution in [2.45, 2.75) is 26.9 Å². The van der Waals surface area contributed by atoms with Crippen molar-refractivity contribution in [3.63, 3.8) is 0 Å². The van der Waals surface area contributed by atoms with Crippen LogP contribution in [-0.2, 0) is 0 Å². The van der Waals surface area contributed by atoms with E-state index in [4.69, 9.17) is 11.1 Å². The van der Waals surface area contributed by atoms with Crippen LogP contribution in [0.2, 0.25) is 0 Å². The van der Waals surface area contributed by atoms with E-state index in [-0.39, 0.29) is 6.03 Å². The van der Waals surface area contributed by atoms with Gasteiger partial charge in [-0.2, -0.15) is 0 Å². The fourth-order valence-electron chi connectivity index (χ4n) is 3.25. The summed E-state index contributed by atoms with van der Waals surface area (Å²) in [6.07, 6.45) is 0.706.